The van der Waals surface area contributed by atoms with Gasteiger partial charge in [0.2, 0.25) is 0 Å². The molecule has 20 heavy (non-hydrogen) atoms. The maximum atomic E-state index is 2.23. The summed E-state index contributed by atoms with van der Waals surface area (Å²) >= 11 is 0. The molecule has 2 aromatic rings. The first-order valence-electron chi connectivity index (χ1n) is 7.02. The van der Waals surface area contributed by atoms with Crippen LogP contribution in [0.2, 0.25) is 0 Å². The molecule has 0 radical (unpaired) electrons. The molecule has 0 aliphatic heterocycles. The highest BCUT2D eigenvalue weighted by molar-refractivity contribution is 5.61. The minimum absolute atomic E-state index is 1.01. The molecule has 0 saturated heterocycles. The van der Waals surface area contributed by atoms with E-state index >= 15 is 0 Å². The van der Waals surface area contributed by atoms with Crippen molar-refractivity contribution in [3.63, 3.8) is 0 Å². The molecule has 0 atom stereocenters. The molecular formula is C20H18. The standard InChI is InChI=1S/C20H18/c1-16-15-18(12-11-17-7-3-2-4-8-17)13-14-19-9-5-6-10-20(16)19/h2-14H,15H2,1H3/b12-11+. The molecule has 0 fully saturated rings. The summed E-state index contributed by atoms with van der Waals surface area (Å²) in [6, 6.07) is 19.0. The minimum atomic E-state index is 1.01. The summed E-state index contributed by atoms with van der Waals surface area (Å²) in [5.74, 6) is 0. The van der Waals surface area contributed by atoms with Crippen LogP contribution in [0.15, 0.2) is 72.3 Å². The fraction of sp³-hybridized carbons (Fsp3) is 0.100. The maximum Gasteiger partial charge on any atom is -0.00606 e. The van der Waals surface area contributed by atoms with Gasteiger partial charge in [0.25, 0.3) is 0 Å². The second-order valence-electron chi connectivity index (χ2n) is 5.20. The molecule has 0 bridgehead atoms. The highest BCUT2D eigenvalue weighted by Crippen LogP contribution is 2.15. The zero-order chi connectivity index (χ0) is 13.8. The Morgan fingerprint density at radius 2 is 1.55 bits per heavy atom. The summed E-state index contributed by atoms with van der Waals surface area (Å²) in [5, 5.41) is 2.68. The first-order valence-corrected chi connectivity index (χ1v) is 7.02. The molecule has 1 aliphatic carbocycles. The fourth-order valence-corrected chi connectivity index (χ4v) is 2.57. The number of hydrogen-bond donors (Lipinski definition) is 0. The SMILES string of the molecule is CC1=c2ccccc2=CC=C(/C=C/c2ccccc2)C1. The predicted molar refractivity (Wildman–Crippen MR) is 87.4 cm³/mol. The number of benzene rings is 2. The van der Waals surface area contributed by atoms with Crippen molar-refractivity contribution in [2.24, 2.45) is 0 Å². The average molecular weight is 258 g/mol. The van der Waals surface area contributed by atoms with E-state index in [9.17, 15) is 0 Å². The van der Waals surface area contributed by atoms with E-state index < -0.39 is 0 Å². The Kier molecular flexibility index (Phi) is 3.64. The van der Waals surface area contributed by atoms with Crippen LogP contribution in [-0.4, -0.2) is 0 Å². The number of hydrogen-bond acceptors (Lipinski definition) is 0. The van der Waals surface area contributed by atoms with E-state index in [4.69, 9.17) is 0 Å². The van der Waals surface area contributed by atoms with Crippen LogP contribution in [0.25, 0.3) is 17.7 Å². The van der Waals surface area contributed by atoms with Gasteiger partial charge >= 0.3 is 0 Å². The third-order valence-electron chi connectivity index (χ3n) is 3.66. The van der Waals surface area contributed by atoms with Gasteiger partial charge in [-0.25, -0.2) is 0 Å². The predicted octanol–water partition coefficient (Wildman–Crippen LogP) is 3.68. The van der Waals surface area contributed by atoms with Crippen LogP contribution in [-0.2, 0) is 0 Å². The normalized spacial score (nSPS) is 14.4. The van der Waals surface area contributed by atoms with Crippen LogP contribution >= 0.6 is 0 Å². The van der Waals surface area contributed by atoms with E-state index in [-0.39, 0.29) is 0 Å². The molecule has 0 nitrogen and oxygen atoms in total. The van der Waals surface area contributed by atoms with E-state index in [1.54, 1.807) is 0 Å². The zero-order valence-electron chi connectivity index (χ0n) is 11.7. The monoisotopic (exact) mass is 258 g/mol. The van der Waals surface area contributed by atoms with Gasteiger partial charge in [0.05, 0.1) is 0 Å². The van der Waals surface area contributed by atoms with Crippen molar-refractivity contribution in [2.75, 3.05) is 0 Å². The lowest BCUT2D eigenvalue weighted by Gasteiger charge is -2.01. The van der Waals surface area contributed by atoms with E-state index in [0.717, 1.165) is 6.42 Å². The molecule has 1 aliphatic rings. The van der Waals surface area contributed by atoms with Crippen molar-refractivity contribution in [3.05, 3.63) is 88.3 Å². The summed E-state index contributed by atoms with van der Waals surface area (Å²) in [7, 11) is 0. The van der Waals surface area contributed by atoms with Gasteiger partial charge in [-0.1, -0.05) is 84.5 Å². The summed E-state index contributed by atoms with van der Waals surface area (Å²) in [4.78, 5) is 0. The lowest BCUT2D eigenvalue weighted by molar-refractivity contribution is 1.27. The van der Waals surface area contributed by atoms with Crippen LogP contribution in [0.4, 0.5) is 0 Å². The van der Waals surface area contributed by atoms with Crippen LogP contribution < -0.4 is 10.4 Å². The first kappa shape index (κ1) is 12.7. The van der Waals surface area contributed by atoms with Crippen molar-refractivity contribution in [3.8, 4) is 0 Å². The Morgan fingerprint density at radius 3 is 2.40 bits per heavy atom. The lowest BCUT2D eigenvalue weighted by atomic mass is 10.0. The molecule has 3 rings (SSSR count). The van der Waals surface area contributed by atoms with Crippen LogP contribution in [0.3, 0.4) is 0 Å². The van der Waals surface area contributed by atoms with Crippen molar-refractivity contribution in [2.45, 2.75) is 13.3 Å². The highest BCUT2D eigenvalue weighted by atomic mass is 14.1. The molecule has 98 valence electrons. The van der Waals surface area contributed by atoms with Gasteiger partial charge in [-0.2, -0.15) is 0 Å². The van der Waals surface area contributed by atoms with Crippen molar-refractivity contribution >= 4 is 17.7 Å². The van der Waals surface area contributed by atoms with Gasteiger partial charge in [-0.3, -0.25) is 0 Å². The number of allylic oxidation sites excluding steroid dienone is 3. The van der Waals surface area contributed by atoms with Gasteiger partial charge < -0.3 is 0 Å². The van der Waals surface area contributed by atoms with Gasteiger partial charge in [0, 0.05) is 0 Å². The van der Waals surface area contributed by atoms with Crippen LogP contribution in [0.1, 0.15) is 18.9 Å². The van der Waals surface area contributed by atoms with E-state index in [1.807, 2.05) is 6.07 Å². The van der Waals surface area contributed by atoms with Gasteiger partial charge in [0.15, 0.2) is 0 Å². The summed E-state index contributed by atoms with van der Waals surface area (Å²) < 4.78 is 0. The number of fused-ring (bicyclic) bond motifs is 1. The number of rotatable bonds is 2. The molecule has 0 heterocycles. The van der Waals surface area contributed by atoms with Crippen molar-refractivity contribution in [1.82, 2.24) is 0 Å². The Bertz CT molecular complexity index is 774. The largest absolute Gasteiger partial charge is 0.0622 e. The molecule has 0 amide bonds. The van der Waals surface area contributed by atoms with Gasteiger partial charge in [-0.05, 0) is 34.9 Å². The van der Waals surface area contributed by atoms with E-state index in [2.05, 4.69) is 79.8 Å². The topological polar surface area (TPSA) is 0 Å². The minimum Gasteiger partial charge on any atom is -0.0622 e. The van der Waals surface area contributed by atoms with E-state index in [0.29, 0.717) is 0 Å². The molecule has 0 aromatic heterocycles. The Balaban J connectivity index is 1.93. The smallest absolute Gasteiger partial charge is 0.00606 e. The van der Waals surface area contributed by atoms with Crippen molar-refractivity contribution < 1.29 is 0 Å². The maximum absolute atomic E-state index is 2.23. The van der Waals surface area contributed by atoms with Crippen LogP contribution in [0.5, 0.6) is 0 Å². The van der Waals surface area contributed by atoms with Crippen LogP contribution in [0, 0.1) is 0 Å². The van der Waals surface area contributed by atoms with Gasteiger partial charge in [-0.15, -0.1) is 0 Å². The molecule has 0 heteroatoms. The summed E-state index contributed by atoms with van der Waals surface area (Å²) in [5.41, 5.74) is 4.02. The van der Waals surface area contributed by atoms with Gasteiger partial charge in [0.1, 0.15) is 0 Å². The Hall–Kier alpha value is -2.34. The molecule has 0 unspecified atom stereocenters. The quantitative estimate of drug-likeness (QED) is 0.771. The molecule has 2 aromatic carbocycles. The third-order valence-corrected chi connectivity index (χ3v) is 3.66. The van der Waals surface area contributed by atoms with E-state index in [1.165, 1.54) is 27.1 Å². The molecule has 0 saturated carbocycles. The zero-order valence-corrected chi connectivity index (χ0v) is 11.7. The highest BCUT2D eigenvalue weighted by Gasteiger charge is 2.00. The second kappa shape index (κ2) is 5.75. The molecule has 0 N–H and O–H groups in total. The van der Waals surface area contributed by atoms with Crippen molar-refractivity contribution in [1.29, 1.82) is 0 Å². The Labute approximate surface area is 120 Å². The Morgan fingerprint density at radius 1 is 0.800 bits per heavy atom. The summed E-state index contributed by atoms with van der Waals surface area (Å²) in [6.45, 7) is 2.22. The molecular weight excluding hydrogens is 240 g/mol. The average Bonchev–Trinajstić information content (AvgIpc) is 2.66. The first-order chi connectivity index (χ1) is 9.83. The summed E-state index contributed by atoms with van der Waals surface area (Å²) in [6.07, 6.45) is 9.87. The fourth-order valence-electron chi connectivity index (χ4n) is 2.57. The second-order valence-corrected chi connectivity index (χ2v) is 5.20. The third kappa shape index (κ3) is 2.80. The lowest BCUT2D eigenvalue weighted by Crippen LogP contribution is -2.24. The molecule has 0 spiro atoms.